The maximum absolute atomic E-state index is 13.7. The average molecular weight is 314 g/mol. The van der Waals surface area contributed by atoms with Gasteiger partial charge in [0.1, 0.15) is 16.5 Å². The van der Waals surface area contributed by atoms with Crippen LogP contribution in [-0.2, 0) is 15.6 Å². The first-order valence-electron chi connectivity index (χ1n) is 5.80. The summed E-state index contributed by atoms with van der Waals surface area (Å²) in [5.41, 5.74) is 5.18. The summed E-state index contributed by atoms with van der Waals surface area (Å²) >= 11 is 0. The summed E-state index contributed by atoms with van der Waals surface area (Å²) in [7, 11) is -2.87. The number of sulfone groups is 1. The molecular formula is C13H12F2N2O3S. The number of benzene rings is 1. The molecule has 0 amide bonds. The molecule has 2 aromatic rings. The molecule has 0 saturated carbocycles. The monoisotopic (exact) mass is 314 g/mol. The van der Waals surface area contributed by atoms with Crippen LogP contribution in [0.3, 0.4) is 0 Å². The molecule has 1 aromatic carbocycles. The highest BCUT2D eigenvalue weighted by Crippen LogP contribution is 2.25. The van der Waals surface area contributed by atoms with Crippen molar-refractivity contribution in [3.8, 4) is 5.88 Å². The van der Waals surface area contributed by atoms with Crippen LogP contribution in [-0.4, -0.2) is 20.5 Å². The van der Waals surface area contributed by atoms with E-state index in [1.54, 1.807) is 0 Å². The highest BCUT2D eigenvalue weighted by molar-refractivity contribution is 7.90. The van der Waals surface area contributed by atoms with Crippen molar-refractivity contribution in [2.45, 2.75) is 10.6 Å². The van der Waals surface area contributed by atoms with Crippen molar-refractivity contribution >= 4 is 15.5 Å². The summed E-state index contributed by atoms with van der Waals surface area (Å²) in [5, 5.41) is 0. The zero-order chi connectivity index (χ0) is 15.6. The summed E-state index contributed by atoms with van der Waals surface area (Å²) in [5.74, 6) is -2.89. The number of pyridine rings is 1. The summed E-state index contributed by atoms with van der Waals surface area (Å²) in [6, 6.07) is 6.00. The number of ether oxygens (including phenoxy) is 1. The van der Waals surface area contributed by atoms with Gasteiger partial charge in [0.05, 0.1) is 18.6 Å². The molecule has 0 spiro atoms. The quantitative estimate of drug-likeness (QED) is 0.872. The van der Waals surface area contributed by atoms with Crippen molar-refractivity contribution in [3.63, 3.8) is 0 Å². The Bertz CT molecular complexity index is 756. The lowest BCUT2D eigenvalue weighted by atomic mass is 10.3. The van der Waals surface area contributed by atoms with Gasteiger partial charge in [0, 0.05) is 11.8 Å². The number of hydrogen-bond donors (Lipinski definition) is 1. The van der Waals surface area contributed by atoms with Crippen LogP contribution in [0.5, 0.6) is 5.88 Å². The fraction of sp³-hybridized carbons (Fsp3) is 0.154. The van der Waals surface area contributed by atoms with Gasteiger partial charge in [0.15, 0.2) is 9.84 Å². The first-order chi connectivity index (χ1) is 9.83. The van der Waals surface area contributed by atoms with Gasteiger partial charge in [-0.05, 0) is 18.2 Å². The third kappa shape index (κ3) is 3.27. The Morgan fingerprint density at radius 2 is 1.86 bits per heavy atom. The highest BCUT2D eigenvalue weighted by Gasteiger charge is 2.25. The minimum absolute atomic E-state index is 0.116. The van der Waals surface area contributed by atoms with Crippen LogP contribution in [0.4, 0.5) is 14.5 Å². The molecular weight excluding hydrogens is 302 g/mol. The zero-order valence-electron chi connectivity index (χ0n) is 11.0. The maximum atomic E-state index is 13.7. The number of methoxy groups -OCH3 is 1. The summed E-state index contributed by atoms with van der Waals surface area (Å²) in [4.78, 5) is 2.90. The standard InChI is InChI=1S/C13H12F2N2O3S/c1-20-12-4-2-3-9(17-12)7-21(18,19)13-10(14)5-8(16)6-11(13)15/h2-6H,7,16H2,1H3. The van der Waals surface area contributed by atoms with E-state index in [9.17, 15) is 17.2 Å². The van der Waals surface area contributed by atoms with E-state index < -0.39 is 32.1 Å². The van der Waals surface area contributed by atoms with E-state index in [0.29, 0.717) is 0 Å². The van der Waals surface area contributed by atoms with Gasteiger partial charge in [-0.3, -0.25) is 0 Å². The molecule has 0 bridgehead atoms. The largest absolute Gasteiger partial charge is 0.481 e. The SMILES string of the molecule is COc1cccc(CS(=O)(=O)c2c(F)cc(N)cc2F)n1. The second-order valence-corrected chi connectivity index (χ2v) is 6.17. The lowest BCUT2D eigenvalue weighted by molar-refractivity contribution is 0.396. The first-order valence-corrected chi connectivity index (χ1v) is 7.46. The molecule has 5 nitrogen and oxygen atoms in total. The van der Waals surface area contributed by atoms with Gasteiger partial charge in [0.25, 0.3) is 0 Å². The van der Waals surface area contributed by atoms with Crippen LogP contribution in [0.1, 0.15) is 5.69 Å². The van der Waals surface area contributed by atoms with Gasteiger partial charge in [-0.15, -0.1) is 0 Å². The zero-order valence-corrected chi connectivity index (χ0v) is 11.8. The van der Waals surface area contributed by atoms with Gasteiger partial charge in [-0.25, -0.2) is 22.2 Å². The van der Waals surface area contributed by atoms with E-state index >= 15 is 0 Å². The predicted octanol–water partition coefficient (Wildman–Crippen LogP) is 1.92. The van der Waals surface area contributed by atoms with Crippen LogP contribution in [0, 0.1) is 11.6 Å². The molecule has 0 aliphatic rings. The molecule has 8 heteroatoms. The molecule has 0 unspecified atom stereocenters. The van der Waals surface area contributed by atoms with Crippen molar-refractivity contribution in [1.29, 1.82) is 0 Å². The smallest absolute Gasteiger partial charge is 0.213 e. The fourth-order valence-corrected chi connectivity index (χ4v) is 3.20. The van der Waals surface area contributed by atoms with Crippen LogP contribution in [0.25, 0.3) is 0 Å². The molecule has 2 rings (SSSR count). The molecule has 1 heterocycles. The Morgan fingerprint density at radius 1 is 1.24 bits per heavy atom. The second-order valence-electron chi connectivity index (χ2n) is 4.24. The molecule has 112 valence electrons. The van der Waals surface area contributed by atoms with Gasteiger partial charge < -0.3 is 10.5 Å². The van der Waals surface area contributed by atoms with E-state index in [1.165, 1.54) is 25.3 Å². The summed E-state index contributed by atoms with van der Waals surface area (Å²) in [6.07, 6.45) is 0. The Labute approximate surface area is 120 Å². The second kappa shape index (κ2) is 5.65. The van der Waals surface area contributed by atoms with Crippen molar-refractivity contribution in [3.05, 3.63) is 47.7 Å². The molecule has 0 saturated heterocycles. The normalized spacial score (nSPS) is 11.4. The molecule has 0 aliphatic carbocycles. The number of nitrogens with zero attached hydrogens (tertiary/aromatic N) is 1. The predicted molar refractivity (Wildman–Crippen MR) is 72.4 cm³/mol. The van der Waals surface area contributed by atoms with Crippen molar-refractivity contribution in [2.75, 3.05) is 12.8 Å². The van der Waals surface area contributed by atoms with Crippen molar-refractivity contribution in [2.24, 2.45) is 0 Å². The van der Waals surface area contributed by atoms with Crippen LogP contribution >= 0.6 is 0 Å². The molecule has 1 aromatic heterocycles. The van der Waals surface area contributed by atoms with E-state index in [-0.39, 0.29) is 17.3 Å². The molecule has 0 aliphatic heterocycles. The number of hydrogen-bond acceptors (Lipinski definition) is 5. The average Bonchev–Trinajstić information content (AvgIpc) is 2.36. The lowest BCUT2D eigenvalue weighted by Gasteiger charge is -2.08. The first kappa shape index (κ1) is 15.2. The topological polar surface area (TPSA) is 82.3 Å². The minimum Gasteiger partial charge on any atom is -0.481 e. The third-order valence-corrected chi connectivity index (χ3v) is 4.35. The molecule has 0 radical (unpaired) electrons. The highest BCUT2D eigenvalue weighted by atomic mass is 32.2. The Kier molecular flexibility index (Phi) is 4.08. The van der Waals surface area contributed by atoms with Gasteiger partial charge in [0.2, 0.25) is 5.88 Å². The summed E-state index contributed by atoms with van der Waals surface area (Å²) < 4.78 is 56.6. The molecule has 21 heavy (non-hydrogen) atoms. The number of halogens is 2. The van der Waals surface area contributed by atoms with E-state index in [4.69, 9.17) is 10.5 Å². The minimum atomic E-state index is -4.24. The van der Waals surface area contributed by atoms with E-state index in [1.807, 2.05) is 0 Å². The maximum Gasteiger partial charge on any atom is 0.213 e. The van der Waals surface area contributed by atoms with Crippen molar-refractivity contribution < 1.29 is 21.9 Å². The molecule has 0 fully saturated rings. The number of nitrogens with two attached hydrogens (primary N) is 1. The Balaban J connectivity index is 2.43. The number of aromatic nitrogens is 1. The van der Waals surface area contributed by atoms with E-state index in [2.05, 4.69) is 4.98 Å². The van der Waals surface area contributed by atoms with Gasteiger partial charge >= 0.3 is 0 Å². The lowest BCUT2D eigenvalue weighted by Crippen LogP contribution is -2.11. The van der Waals surface area contributed by atoms with Crippen molar-refractivity contribution in [1.82, 2.24) is 4.98 Å². The van der Waals surface area contributed by atoms with Crippen LogP contribution in [0.2, 0.25) is 0 Å². The van der Waals surface area contributed by atoms with Gasteiger partial charge in [-0.2, -0.15) is 0 Å². The number of nitrogen functional groups attached to an aromatic ring is 1. The Hall–Kier alpha value is -2.22. The van der Waals surface area contributed by atoms with Crippen LogP contribution < -0.4 is 10.5 Å². The fourth-order valence-electron chi connectivity index (χ4n) is 1.80. The third-order valence-electron chi connectivity index (χ3n) is 2.66. The number of anilines is 1. The van der Waals surface area contributed by atoms with E-state index in [0.717, 1.165) is 12.1 Å². The molecule has 2 N–H and O–H groups in total. The van der Waals surface area contributed by atoms with Gasteiger partial charge in [-0.1, -0.05) is 6.07 Å². The number of rotatable bonds is 4. The summed E-state index contributed by atoms with van der Waals surface area (Å²) in [6.45, 7) is 0. The molecule has 0 atom stereocenters. The van der Waals surface area contributed by atoms with Crippen LogP contribution in [0.15, 0.2) is 35.2 Å². The Morgan fingerprint density at radius 3 is 2.43 bits per heavy atom.